The first kappa shape index (κ1) is 13.5. The Labute approximate surface area is 103 Å². The van der Waals surface area contributed by atoms with Crippen LogP contribution in [0.3, 0.4) is 0 Å². The molecular weight excluding hydrogens is 222 g/mol. The summed E-state index contributed by atoms with van der Waals surface area (Å²) < 4.78 is 0. The summed E-state index contributed by atoms with van der Waals surface area (Å²) >= 11 is 5.80. The maximum Gasteiger partial charge on any atom is 0.0740 e. The maximum atomic E-state index is 9.78. The van der Waals surface area contributed by atoms with Gasteiger partial charge in [-0.1, -0.05) is 30.7 Å². The summed E-state index contributed by atoms with van der Waals surface area (Å²) in [7, 11) is 0. The first-order valence-electron chi connectivity index (χ1n) is 5.71. The van der Waals surface area contributed by atoms with E-state index in [0.717, 1.165) is 24.4 Å². The number of hydrogen-bond donors (Lipinski definition) is 2. The Morgan fingerprint density at radius 2 is 1.94 bits per heavy atom. The monoisotopic (exact) mass is 241 g/mol. The molecule has 90 valence electrons. The third-order valence-electron chi connectivity index (χ3n) is 2.77. The fourth-order valence-corrected chi connectivity index (χ4v) is 1.49. The van der Waals surface area contributed by atoms with Crippen LogP contribution in [0.5, 0.6) is 0 Å². The summed E-state index contributed by atoms with van der Waals surface area (Å²) in [5.74, 6) is 0. The zero-order chi connectivity index (χ0) is 12.0. The second kappa shape index (κ2) is 6.24. The van der Waals surface area contributed by atoms with Crippen LogP contribution in [-0.4, -0.2) is 23.8 Å². The second-order valence-corrected chi connectivity index (χ2v) is 4.84. The van der Waals surface area contributed by atoms with Gasteiger partial charge in [0.05, 0.1) is 5.60 Å². The van der Waals surface area contributed by atoms with E-state index >= 15 is 0 Å². The third-order valence-corrected chi connectivity index (χ3v) is 3.02. The number of aliphatic hydroxyl groups is 1. The molecule has 1 unspecified atom stereocenters. The normalized spacial score (nSPS) is 14.8. The molecule has 0 radical (unpaired) electrons. The molecule has 0 fully saturated rings. The molecule has 0 aromatic heterocycles. The Morgan fingerprint density at radius 1 is 1.31 bits per heavy atom. The van der Waals surface area contributed by atoms with Gasteiger partial charge in [-0.15, -0.1) is 0 Å². The van der Waals surface area contributed by atoms with Crippen molar-refractivity contribution in [3.63, 3.8) is 0 Å². The molecule has 1 rings (SSSR count). The van der Waals surface area contributed by atoms with Crippen LogP contribution in [-0.2, 0) is 6.42 Å². The van der Waals surface area contributed by atoms with E-state index in [1.54, 1.807) is 0 Å². The minimum atomic E-state index is -0.597. The van der Waals surface area contributed by atoms with Gasteiger partial charge in [-0.2, -0.15) is 0 Å². The summed E-state index contributed by atoms with van der Waals surface area (Å²) in [5, 5.41) is 13.8. The van der Waals surface area contributed by atoms with Crippen molar-refractivity contribution in [2.24, 2.45) is 0 Å². The van der Waals surface area contributed by atoms with Crippen LogP contribution in [0.4, 0.5) is 0 Å². The molecule has 0 saturated heterocycles. The molecule has 2 N–H and O–H groups in total. The fraction of sp³-hybridized carbons (Fsp3) is 0.538. The molecular formula is C13H20ClNO. The lowest BCUT2D eigenvalue weighted by Gasteiger charge is -2.21. The van der Waals surface area contributed by atoms with Crippen LogP contribution in [0, 0.1) is 0 Å². The number of nitrogens with one attached hydrogen (secondary N) is 1. The average molecular weight is 242 g/mol. The van der Waals surface area contributed by atoms with Crippen molar-refractivity contribution in [1.82, 2.24) is 5.32 Å². The molecule has 0 spiro atoms. The quantitative estimate of drug-likeness (QED) is 0.751. The van der Waals surface area contributed by atoms with Crippen molar-refractivity contribution in [1.29, 1.82) is 0 Å². The van der Waals surface area contributed by atoms with Crippen LogP contribution in [0.2, 0.25) is 5.02 Å². The molecule has 0 aliphatic carbocycles. The number of rotatable bonds is 6. The topological polar surface area (TPSA) is 32.3 Å². The second-order valence-electron chi connectivity index (χ2n) is 4.40. The van der Waals surface area contributed by atoms with Gasteiger partial charge in [0.2, 0.25) is 0 Å². The van der Waals surface area contributed by atoms with Crippen LogP contribution in [0.25, 0.3) is 0 Å². The Bertz CT molecular complexity index is 308. The van der Waals surface area contributed by atoms with E-state index in [0.29, 0.717) is 6.54 Å². The lowest BCUT2D eigenvalue weighted by atomic mass is 10.0. The minimum absolute atomic E-state index is 0.597. The van der Waals surface area contributed by atoms with Gasteiger partial charge in [0.25, 0.3) is 0 Å². The molecule has 1 atom stereocenters. The summed E-state index contributed by atoms with van der Waals surface area (Å²) in [6.07, 6.45) is 1.72. The standard InChI is InChI=1S/C13H20ClNO/c1-3-13(2,16)10-15-9-8-11-4-6-12(14)7-5-11/h4-7,15-16H,3,8-10H2,1-2H3. The number of hydrogen-bond acceptors (Lipinski definition) is 2. The van der Waals surface area contributed by atoms with Gasteiger partial charge in [-0.05, 0) is 44.0 Å². The molecule has 3 heteroatoms. The van der Waals surface area contributed by atoms with Crippen LogP contribution in [0.1, 0.15) is 25.8 Å². The van der Waals surface area contributed by atoms with Crippen molar-refractivity contribution in [2.45, 2.75) is 32.3 Å². The summed E-state index contributed by atoms with van der Waals surface area (Å²) in [6.45, 7) is 5.35. The lowest BCUT2D eigenvalue weighted by Crippen LogP contribution is -2.37. The molecule has 0 bridgehead atoms. The van der Waals surface area contributed by atoms with E-state index in [-0.39, 0.29) is 0 Å². The van der Waals surface area contributed by atoms with E-state index in [1.165, 1.54) is 5.56 Å². The third kappa shape index (κ3) is 4.97. The predicted octanol–water partition coefficient (Wildman–Crippen LogP) is 2.63. The molecule has 1 aromatic rings. The minimum Gasteiger partial charge on any atom is -0.389 e. The molecule has 0 aliphatic heterocycles. The average Bonchev–Trinajstić information content (AvgIpc) is 2.27. The van der Waals surface area contributed by atoms with Crippen molar-refractivity contribution < 1.29 is 5.11 Å². The zero-order valence-corrected chi connectivity index (χ0v) is 10.7. The predicted molar refractivity (Wildman–Crippen MR) is 68.9 cm³/mol. The van der Waals surface area contributed by atoms with Gasteiger partial charge >= 0.3 is 0 Å². The smallest absolute Gasteiger partial charge is 0.0740 e. The lowest BCUT2D eigenvalue weighted by molar-refractivity contribution is 0.0561. The molecule has 1 aromatic carbocycles. The van der Waals surface area contributed by atoms with E-state index in [2.05, 4.69) is 5.32 Å². The molecule has 0 amide bonds. The Balaban J connectivity index is 2.23. The summed E-state index contributed by atoms with van der Waals surface area (Å²) in [4.78, 5) is 0. The molecule has 2 nitrogen and oxygen atoms in total. The SMILES string of the molecule is CCC(C)(O)CNCCc1ccc(Cl)cc1. The Morgan fingerprint density at radius 3 is 2.50 bits per heavy atom. The van der Waals surface area contributed by atoms with Gasteiger partial charge in [-0.25, -0.2) is 0 Å². The van der Waals surface area contributed by atoms with Crippen LogP contribution in [0.15, 0.2) is 24.3 Å². The Kier molecular flexibility index (Phi) is 5.26. The van der Waals surface area contributed by atoms with E-state index in [4.69, 9.17) is 11.6 Å². The van der Waals surface area contributed by atoms with Crippen molar-refractivity contribution >= 4 is 11.6 Å². The number of halogens is 1. The van der Waals surface area contributed by atoms with Crippen molar-refractivity contribution in [3.8, 4) is 0 Å². The zero-order valence-electron chi connectivity index (χ0n) is 9.96. The summed E-state index contributed by atoms with van der Waals surface area (Å²) in [5.41, 5.74) is 0.660. The summed E-state index contributed by atoms with van der Waals surface area (Å²) in [6, 6.07) is 7.86. The highest BCUT2D eigenvalue weighted by atomic mass is 35.5. The van der Waals surface area contributed by atoms with Gasteiger partial charge < -0.3 is 10.4 Å². The van der Waals surface area contributed by atoms with E-state index < -0.39 is 5.60 Å². The van der Waals surface area contributed by atoms with E-state index in [9.17, 15) is 5.11 Å². The first-order valence-corrected chi connectivity index (χ1v) is 6.09. The molecule has 0 heterocycles. The number of benzene rings is 1. The molecule has 0 aliphatic rings. The van der Waals surface area contributed by atoms with Gasteiger partial charge in [-0.3, -0.25) is 0 Å². The van der Waals surface area contributed by atoms with Crippen molar-refractivity contribution in [3.05, 3.63) is 34.9 Å². The fourth-order valence-electron chi connectivity index (χ4n) is 1.37. The van der Waals surface area contributed by atoms with Crippen LogP contribution >= 0.6 is 11.6 Å². The maximum absolute atomic E-state index is 9.78. The van der Waals surface area contributed by atoms with Gasteiger partial charge in [0.15, 0.2) is 0 Å². The largest absolute Gasteiger partial charge is 0.389 e. The van der Waals surface area contributed by atoms with Crippen LogP contribution < -0.4 is 5.32 Å². The van der Waals surface area contributed by atoms with Crippen molar-refractivity contribution in [2.75, 3.05) is 13.1 Å². The highest BCUT2D eigenvalue weighted by Gasteiger charge is 2.15. The van der Waals surface area contributed by atoms with Gasteiger partial charge in [0, 0.05) is 11.6 Å². The molecule has 16 heavy (non-hydrogen) atoms. The van der Waals surface area contributed by atoms with Gasteiger partial charge in [0.1, 0.15) is 0 Å². The first-order chi connectivity index (χ1) is 7.53. The highest BCUT2D eigenvalue weighted by Crippen LogP contribution is 2.10. The highest BCUT2D eigenvalue weighted by molar-refractivity contribution is 6.30. The molecule has 0 saturated carbocycles. The Hall–Kier alpha value is -0.570. The van der Waals surface area contributed by atoms with E-state index in [1.807, 2.05) is 38.1 Å².